The van der Waals surface area contributed by atoms with E-state index >= 15 is 0 Å². The Morgan fingerprint density at radius 3 is 2.46 bits per heavy atom. The first kappa shape index (κ1) is 39.0. The number of fused-ring (bicyclic) bond motifs is 3. The standard InChI is InChI=1S/C37H45ClN6O9S/c1-36(2,3)53-34(48)40-28-14-8-6-4-5-7-13-25-18-37(25,33(47)42-54(50,51)30-19-39-16-15-27(30)38)41-31(45)29-17-26(22-44(29)32(28)46)52-35(49)43-20-23-11-9-10-12-24(23)21-43/h7,9-13,15-16,19,25-26,28-29H,4-6,8,14,17-18,20-22H2,1-3H3,(H,40,48)(H,41,45)(H,42,47)/b13-7-/t25-,26-,28+,29?,37-/m1/s1. The van der Waals surface area contributed by atoms with Crippen molar-refractivity contribution in [3.63, 3.8) is 0 Å². The van der Waals surface area contributed by atoms with Gasteiger partial charge in [0, 0.05) is 37.8 Å². The molecule has 1 saturated heterocycles. The van der Waals surface area contributed by atoms with Gasteiger partial charge in [-0.3, -0.25) is 24.3 Å². The maximum absolute atomic E-state index is 14.4. The van der Waals surface area contributed by atoms with Crippen LogP contribution < -0.4 is 15.4 Å². The number of rotatable bonds is 5. The number of sulfonamides is 1. The van der Waals surface area contributed by atoms with Gasteiger partial charge < -0.3 is 25.0 Å². The maximum Gasteiger partial charge on any atom is 0.410 e. The molecule has 54 heavy (non-hydrogen) atoms. The van der Waals surface area contributed by atoms with E-state index in [9.17, 15) is 32.4 Å². The number of aromatic nitrogens is 1. The number of ether oxygens (including phenoxy) is 2. The van der Waals surface area contributed by atoms with Crippen molar-refractivity contribution in [3.05, 3.63) is 71.0 Å². The van der Waals surface area contributed by atoms with Gasteiger partial charge in [0.2, 0.25) is 11.8 Å². The van der Waals surface area contributed by atoms with E-state index < -0.39 is 80.1 Å². The molecule has 1 unspecified atom stereocenters. The third-order valence-corrected chi connectivity index (χ3v) is 11.8. The van der Waals surface area contributed by atoms with E-state index in [1.165, 1.54) is 22.1 Å². The number of nitrogens with one attached hydrogen (secondary N) is 3. The summed E-state index contributed by atoms with van der Waals surface area (Å²) in [5.74, 6) is -2.86. The zero-order chi connectivity index (χ0) is 38.8. The first-order valence-electron chi connectivity index (χ1n) is 18.0. The molecule has 3 N–H and O–H groups in total. The van der Waals surface area contributed by atoms with E-state index in [4.69, 9.17) is 21.1 Å². The Hall–Kier alpha value is -4.70. The molecular weight excluding hydrogens is 740 g/mol. The van der Waals surface area contributed by atoms with Crippen molar-refractivity contribution >= 4 is 51.5 Å². The molecule has 1 aromatic carbocycles. The first-order chi connectivity index (χ1) is 25.6. The van der Waals surface area contributed by atoms with E-state index in [-0.39, 0.29) is 30.8 Å². The third kappa shape index (κ3) is 8.81. The van der Waals surface area contributed by atoms with Crippen LogP contribution in [0.1, 0.15) is 76.8 Å². The molecule has 290 valence electrons. The predicted molar refractivity (Wildman–Crippen MR) is 195 cm³/mol. The summed E-state index contributed by atoms with van der Waals surface area (Å²) in [7, 11) is -4.49. The normalized spacial score (nSPS) is 26.5. The van der Waals surface area contributed by atoms with Gasteiger partial charge in [-0.25, -0.2) is 22.7 Å². The van der Waals surface area contributed by atoms with Crippen molar-refractivity contribution in [2.24, 2.45) is 5.92 Å². The number of pyridine rings is 1. The van der Waals surface area contributed by atoms with Gasteiger partial charge >= 0.3 is 12.2 Å². The third-order valence-electron chi connectivity index (χ3n) is 9.95. The van der Waals surface area contributed by atoms with Gasteiger partial charge in [-0.1, -0.05) is 60.9 Å². The molecule has 5 amide bonds. The van der Waals surface area contributed by atoms with E-state index in [2.05, 4.69) is 20.3 Å². The quantitative estimate of drug-likeness (QED) is 0.374. The second-order valence-corrected chi connectivity index (χ2v) is 17.2. The Kier molecular flexibility index (Phi) is 11.2. The summed E-state index contributed by atoms with van der Waals surface area (Å²) in [5.41, 5.74) is -0.531. The molecule has 1 saturated carbocycles. The number of carbonyl (C=O) groups is 5. The second kappa shape index (κ2) is 15.6. The molecule has 1 aromatic heterocycles. The number of amides is 5. The van der Waals surface area contributed by atoms with Gasteiger partial charge in [-0.2, -0.15) is 0 Å². The van der Waals surface area contributed by atoms with Gasteiger partial charge in [0.25, 0.3) is 15.9 Å². The molecule has 6 rings (SSSR count). The molecule has 1 aliphatic carbocycles. The van der Waals surface area contributed by atoms with E-state index in [0.717, 1.165) is 23.7 Å². The van der Waals surface area contributed by atoms with E-state index in [1.54, 1.807) is 26.8 Å². The van der Waals surface area contributed by atoms with Crippen molar-refractivity contribution in [1.82, 2.24) is 30.1 Å². The molecule has 4 aliphatic rings. The van der Waals surface area contributed by atoms with Crippen LogP contribution in [0.2, 0.25) is 5.02 Å². The molecule has 0 spiro atoms. The van der Waals surface area contributed by atoms with E-state index in [1.807, 2.05) is 30.3 Å². The highest BCUT2D eigenvalue weighted by atomic mass is 35.5. The molecule has 0 bridgehead atoms. The van der Waals surface area contributed by atoms with Crippen LogP contribution in [0, 0.1) is 5.92 Å². The van der Waals surface area contributed by atoms with Crippen LogP contribution in [-0.2, 0) is 47.0 Å². The lowest BCUT2D eigenvalue weighted by molar-refractivity contribution is -0.141. The molecule has 4 heterocycles. The number of hydrogen-bond donors (Lipinski definition) is 3. The van der Waals surface area contributed by atoms with Crippen LogP contribution in [0.5, 0.6) is 0 Å². The lowest BCUT2D eigenvalue weighted by Gasteiger charge is -2.30. The molecule has 2 fully saturated rings. The number of alkyl carbamates (subject to hydrolysis) is 1. The maximum atomic E-state index is 14.4. The second-order valence-electron chi connectivity index (χ2n) is 15.1. The summed E-state index contributed by atoms with van der Waals surface area (Å²) < 4.78 is 40.0. The van der Waals surface area contributed by atoms with Crippen LogP contribution in [0.3, 0.4) is 0 Å². The van der Waals surface area contributed by atoms with Gasteiger partial charge in [0.1, 0.15) is 34.2 Å². The monoisotopic (exact) mass is 784 g/mol. The van der Waals surface area contributed by atoms with Gasteiger partial charge in [-0.05, 0) is 63.6 Å². The Labute approximate surface area is 319 Å². The Bertz CT molecular complexity index is 1930. The van der Waals surface area contributed by atoms with Crippen LogP contribution in [0.25, 0.3) is 0 Å². The van der Waals surface area contributed by atoms with Gasteiger partial charge in [-0.15, -0.1) is 0 Å². The SMILES string of the molecule is CC(C)(C)OC(=O)N[C@H]1CCCCC/C=C\[C@@H]2C[C@@]2(C(=O)NS(=O)(=O)c2cnccc2Cl)NC(=O)C2C[C@@H](OC(=O)N3Cc4ccccc4C3)CN2C1=O. The molecule has 0 radical (unpaired) electrons. The first-order valence-corrected chi connectivity index (χ1v) is 19.9. The fourth-order valence-corrected chi connectivity index (χ4v) is 8.59. The van der Waals surface area contributed by atoms with Crippen LogP contribution >= 0.6 is 11.6 Å². The molecule has 17 heteroatoms. The lowest BCUT2D eigenvalue weighted by Crippen LogP contribution is -2.58. The minimum atomic E-state index is -4.49. The van der Waals surface area contributed by atoms with Gasteiger partial charge in [0.15, 0.2) is 0 Å². The van der Waals surface area contributed by atoms with E-state index in [0.29, 0.717) is 32.4 Å². The topological polar surface area (TPSA) is 193 Å². The Morgan fingerprint density at radius 2 is 1.78 bits per heavy atom. The Balaban J connectivity index is 1.27. The molecule has 5 atom stereocenters. The summed E-state index contributed by atoms with van der Waals surface area (Å²) >= 11 is 6.11. The largest absolute Gasteiger partial charge is 0.444 e. The molecule has 3 aliphatic heterocycles. The van der Waals surface area contributed by atoms with Crippen molar-refractivity contribution in [2.75, 3.05) is 6.54 Å². The average molecular weight is 785 g/mol. The predicted octanol–water partition coefficient (Wildman–Crippen LogP) is 3.95. The van der Waals surface area contributed by atoms with Crippen molar-refractivity contribution in [2.45, 2.75) is 113 Å². The average Bonchev–Trinajstić information content (AvgIpc) is 3.40. The number of benzene rings is 1. The fraction of sp³-hybridized carbons (Fsp3) is 0.514. The zero-order valence-electron chi connectivity index (χ0n) is 30.4. The van der Waals surface area contributed by atoms with Crippen molar-refractivity contribution in [1.29, 1.82) is 0 Å². The molecule has 2 aromatic rings. The highest BCUT2D eigenvalue weighted by molar-refractivity contribution is 7.90. The lowest BCUT2D eigenvalue weighted by atomic mass is 10.0. The van der Waals surface area contributed by atoms with Gasteiger partial charge in [0.05, 0.1) is 11.6 Å². The van der Waals surface area contributed by atoms with Crippen LogP contribution in [0.15, 0.2) is 59.8 Å². The van der Waals surface area contributed by atoms with Crippen LogP contribution in [0.4, 0.5) is 9.59 Å². The fourth-order valence-electron chi connectivity index (χ4n) is 7.12. The highest BCUT2D eigenvalue weighted by Crippen LogP contribution is 2.46. The number of hydrogen-bond acceptors (Lipinski definition) is 10. The van der Waals surface area contributed by atoms with Crippen molar-refractivity contribution in [3.8, 4) is 0 Å². The summed E-state index contributed by atoms with van der Waals surface area (Å²) in [6.07, 6.45) is 6.56. The van der Waals surface area contributed by atoms with Crippen LogP contribution in [-0.4, -0.2) is 89.0 Å². The summed E-state index contributed by atoms with van der Waals surface area (Å²) in [6.45, 7) is 5.62. The Morgan fingerprint density at radius 1 is 1.06 bits per heavy atom. The summed E-state index contributed by atoms with van der Waals surface area (Å²) in [5, 5.41) is 5.31. The summed E-state index contributed by atoms with van der Waals surface area (Å²) in [6, 6.07) is 6.60. The minimum absolute atomic E-state index is 0.0921. The highest BCUT2D eigenvalue weighted by Gasteiger charge is 2.62. The number of halogens is 1. The minimum Gasteiger partial charge on any atom is -0.444 e. The molecular formula is C37H45ClN6O9S. The summed E-state index contributed by atoms with van der Waals surface area (Å²) in [4.78, 5) is 75.1. The zero-order valence-corrected chi connectivity index (χ0v) is 32.0. The number of allylic oxidation sites excluding steroid dienone is 1. The van der Waals surface area contributed by atoms with Crippen molar-refractivity contribution < 1.29 is 41.9 Å². The number of nitrogens with zero attached hydrogens (tertiary/aromatic N) is 3. The number of carbonyl (C=O) groups excluding carboxylic acids is 5. The smallest absolute Gasteiger partial charge is 0.410 e. The molecule has 15 nitrogen and oxygen atoms in total.